The van der Waals surface area contributed by atoms with Gasteiger partial charge in [0.15, 0.2) is 0 Å². The molecular formula is C12H20N4O2. The molecule has 1 aliphatic rings. The van der Waals surface area contributed by atoms with E-state index in [4.69, 9.17) is 4.74 Å². The van der Waals surface area contributed by atoms with Crippen molar-refractivity contribution in [2.24, 2.45) is 0 Å². The summed E-state index contributed by atoms with van der Waals surface area (Å²) in [5.74, 6) is 0.612. The Hall–Kier alpha value is -1.56. The zero-order valence-corrected chi connectivity index (χ0v) is 11.1. The molecule has 1 aliphatic heterocycles. The molecule has 100 valence electrons. The maximum absolute atomic E-state index is 12.0. The predicted octanol–water partition coefficient (Wildman–Crippen LogP) is 0.853. The normalized spacial score (nSPS) is 14.8. The summed E-state index contributed by atoms with van der Waals surface area (Å²) in [5.41, 5.74) is 0.0825. The van der Waals surface area contributed by atoms with Gasteiger partial charge < -0.3 is 19.9 Å². The van der Waals surface area contributed by atoms with Crippen LogP contribution in [0.3, 0.4) is 0 Å². The highest BCUT2D eigenvalue weighted by Gasteiger charge is 2.20. The Balaban J connectivity index is 1.99. The van der Waals surface area contributed by atoms with Crippen molar-refractivity contribution in [2.75, 3.05) is 25.5 Å². The van der Waals surface area contributed by atoms with E-state index in [1.54, 1.807) is 13.3 Å². The molecule has 0 spiro atoms. The molecular weight excluding hydrogens is 232 g/mol. The number of ether oxygens (including phenoxy) is 1. The summed E-state index contributed by atoms with van der Waals surface area (Å²) < 4.78 is 7.22. The molecule has 0 bridgehead atoms. The van der Waals surface area contributed by atoms with Crippen molar-refractivity contribution in [3.63, 3.8) is 0 Å². The van der Waals surface area contributed by atoms with Gasteiger partial charge in [0, 0.05) is 32.9 Å². The van der Waals surface area contributed by atoms with Gasteiger partial charge in [-0.1, -0.05) is 0 Å². The molecule has 0 aromatic carbocycles. The number of aromatic nitrogens is 2. The van der Waals surface area contributed by atoms with Crippen molar-refractivity contribution >= 4 is 11.9 Å². The minimum atomic E-state index is -0.368. The van der Waals surface area contributed by atoms with Crippen LogP contribution in [0.5, 0.6) is 0 Å². The maximum atomic E-state index is 12.0. The van der Waals surface area contributed by atoms with E-state index in [-0.39, 0.29) is 11.5 Å². The van der Waals surface area contributed by atoms with E-state index in [0.717, 1.165) is 25.5 Å². The minimum Gasteiger partial charge on any atom is -0.377 e. The number of anilines is 1. The van der Waals surface area contributed by atoms with Gasteiger partial charge in [-0.05, 0) is 20.3 Å². The van der Waals surface area contributed by atoms with Gasteiger partial charge in [-0.25, -0.2) is 4.98 Å². The van der Waals surface area contributed by atoms with E-state index in [1.807, 2.05) is 18.4 Å². The molecule has 6 nitrogen and oxygen atoms in total. The first-order valence-electron chi connectivity index (χ1n) is 6.16. The molecule has 18 heavy (non-hydrogen) atoms. The molecule has 0 radical (unpaired) electrons. The molecule has 6 heteroatoms. The minimum absolute atomic E-state index is 0.163. The molecule has 2 N–H and O–H groups in total. The quantitative estimate of drug-likeness (QED) is 0.833. The Morgan fingerprint density at radius 2 is 2.44 bits per heavy atom. The van der Waals surface area contributed by atoms with Gasteiger partial charge in [-0.15, -0.1) is 0 Å². The van der Waals surface area contributed by atoms with E-state index in [0.29, 0.717) is 12.2 Å². The van der Waals surface area contributed by atoms with Crippen LogP contribution in [0.25, 0.3) is 0 Å². The van der Waals surface area contributed by atoms with E-state index in [2.05, 4.69) is 15.6 Å². The first kappa shape index (κ1) is 12.9. The summed E-state index contributed by atoms with van der Waals surface area (Å²) in [6, 6.07) is 0. The van der Waals surface area contributed by atoms with Crippen LogP contribution in [-0.2, 0) is 11.3 Å². The molecule has 0 unspecified atom stereocenters. The Labute approximate surface area is 107 Å². The van der Waals surface area contributed by atoms with Crippen molar-refractivity contribution in [1.29, 1.82) is 0 Å². The van der Waals surface area contributed by atoms with Crippen LogP contribution in [0.1, 0.15) is 30.8 Å². The van der Waals surface area contributed by atoms with Crippen molar-refractivity contribution in [1.82, 2.24) is 14.9 Å². The summed E-state index contributed by atoms with van der Waals surface area (Å²) in [5, 5.41) is 6.00. The topological polar surface area (TPSA) is 68.2 Å². The van der Waals surface area contributed by atoms with Crippen LogP contribution >= 0.6 is 0 Å². The number of nitrogens with one attached hydrogen (secondary N) is 2. The lowest BCUT2D eigenvalue weighted by molar-refractivity contribution is 0.0228. The average molecular weight is 252 g/mol. The van der Waals surface area contributed by atoms with Crippen molar-refractivity contribution in [2.45, 2.75) is 32.4 Å². The number of hydrogen-bond acceptors (Lipinski definition) is 4. The monoisotopic (exact) mass is 252 g/mol. The first-order chi connectivity index (χ1) is 8.52. The van der Waals surface area contributed by atoms with E-state index < -0.39 is 0 Å². The fraction of sp³-hybridized carbons (Fsp3) is 0.667. The molecule has 0 atom stereocenters. The fourth-order valence-electron chi connectivity index (χ4n) is 1.74. The summed E-state index contributed by atoms with van der Waals surface area (Å²) in [6.45, 7) is 6.12. The lowest BCUT2D eigenvalue weighted by Gasteiger charge is -2.22. The Morgan fingerprint density at radius 3 is 3.11 bits per heavy atom. The zero-order chi connectivity index (χ0) is 13.2. The van der Waals surface area contributed by atoms with Crippen molar-refractivity contribution < 1.29 is 9.53 Å². The number of rotatable bonds is 4. The molecule has 2 heterocycles. The van der Waals surface area contributed by atoms with Gasteiger partial charge in [0.1, 0.15) is 5.69 Å². The Morgan fingerprint density at radius 1 is 1.67 bits per heavy atom. The molecule has 0 saturated carbocycles. The van der Waals surface area contributed by atoms with Gasteiger partial charge in [-0.2, -0.15) is 0 Å². The van der Waals surface area contributed by atoms with E-state index in [1.165, 1.54) is 0 Å². The lowest BCUT2D eigenvalue weighted by atomic mass is 10.1. The second kappa shape index (κ2) is 4.97. The summed E-state index contributed by atoms with van der Waals surface area (Å²) in [4.78, 5) is 16.2. The second-order valence-corrected chi connectivity index (χ2v) is 5.07. The predicted molar refractivity (Wildman–Crippen MR) is 68.8 cm³/mol. The Kier molecular flexibility index (Phi) is 3.56. The molecule has 0 saturated heterocycles. The van der Waals surface area contributed by atoms with Crippen molar-refractivity contribution in [3.05, 3.63) is 11.9 Å². The molecule has 1 aromatic heterocycles. The number of fused-ring (bicyclic) bond motifs is 1. The third-order valence-electron chi connectivity index (χ3n) is 3.10. The smallest absolute Gasteiger partial charge is 0.271 e. The lowest BCUT2D eigenvalue weighted by Crippen LogP contribution is -2.39. The van der Waals surface area contributed by atoms with Gasteiger partial charge in [-0.3, -0.25) is 4.79 Å². The van der Waals surface area contributed by atoms with Crippen LogP contribution < -0.4 is 10.6 Å². The largest absolute Gasteiger partial charge is 0.377 e. The maximum Gasteiger partial charge on any atom is 0.271 e. The summed E-state index contributed by atoms with van der Waals surface area (Å²) >= 11 is 0. The molecule has 0 fully saturated rings. The average Bonchev–Trinajstić information content (AvgIpc) is 2.80. The number of carbonyl (C=O) groups excluding carboxylic acids is 1. The summed E-state index contributed by atoms with van der Waals surface area (Å²) in [6.07, 6.45) is 2.84. The van der Waals surface area contributed by atoms with E-state index in [9.17, 15) is 4.79 Å². The number of amides is 1. The number of imidazole rings is 1. The van der Waals surface area contributed by atoms with Crippen molar-refractivity contribution in [3.8, 4) is 0 Å². The third-order valence-corrected chi connectivity index (χ3v) is 3.10. The number of carbonyl (C=O) groups is 1. The Bertz CT molecular complexity index is 416. The van der Waals surface area contributed by atoms with Crippen LogP contribution in [0.4, 0.5) is 5.95 Å². The van der Waals surface area contributed by atoms with Crippen LogP contribution in [0, 0.1) is 0 Å². The van der Waals surface area contributed by atoms with Crippen LogP contribution in [-0.4, -0.2) is 41.3 Å². The van der Waals surface area contributed by atoms with Gasteiger partial charge in [0.05, 0.1) is 5.60 Å². The SMILES string of the molecule is COC(C)(C)CNC(=O)c1cn2c(n1)NCCC2. The molecule has 0 aliphatic carbocycles. The first-order valence-corrected chi connectivity index (χ1v) is 6.16. The highest BCUT2D eigenvalue weighted by Crippen LogP contribution is 2.14. The van der Waals surface area contributed by atoms with E-state index >= 15 is 0 Å². The number of aryl methyl sites for hydroxylation is 1. The highest BCUT2D eigenvalue weighted by molar-refractivity contribution is 5.92. The number of hydrogen-bond donors (Lipinski definition) is 2. The third kappa shape index (κ3) is 2.81. The van der Waals surface area contributed by atoms with Crippen LogP contribution in [0.15, 0.2) is 6.20 Å². The standard InChI is InChI=1S/C12H20N4O2/c1-12(2,18-3)8-14-10(17)9-7-16-6-4-5-13-11(16)15-9/h7H,4-6,8H2,1-3H3,(H,13,15)(H,14,17). The number of methoxy groups -OCH3 is 1. The zero-order valence-electron chi connectivity index (χ0n) is 11.1. The molecule has 2 rings (SSSR count). The highest BCUT2D eigenvalue weighted by atomic mass is 16.5. The fourth-order valence-corrected chi connectivity index (χ4v) is 1.74. The van der Waals surface area contributed by atoms with Gasteiger partial charge in [0.2, 0.25) is 5.95 Å². The number of nitrogens with zero attached hydrogens (tertiary/aromatic N) is 2. The summed E-state index contributed by atoms with van der Waals surface area (Å²) in [7, 11) is 1.63. The van der Waals surface area contributed by atoms with Crippen LogP contribution in [0.2, 0.25) is 0 Å². The second-order valence-electron chi connectivity index (χ2n) is 5.07. The van der Waals surface area contributed by atoms with Gasteiger partial charge in [0.25, 0.3) is 5.91 Å². The van der Waals surface area contributed by atoms with Gasteiger partial charge >= 0.3 is 0 Å². The molecule has 1 amide bonds. The molecule has 1 aromatic rings.